The first-order valence-electron chi connectivity index (χ1n) is 6.32. The minimum atomic E-state index is -1.25. The van der Waals surface area contributed by atoms with Crippen LogP contribution in [0.1, 0.15) is 19.6 Å². The van der Waals surface area contributed by atoms with E-state index < -0.39 is 24.5 Å². The minimum Gasteiger partial charge on any atom is -0.463 e. The molecule has 0 bridgehead atoms. The highest BCUT2D eigenvalue weighted by atomic mass is 35.5. The summed E-state index contributed by atoms with van der Waals surface area (Å²) in [7, 11) is 0. The second kappa shape index (κ2) is 5.53. The molecule has 21 heavy (non-hydrogen) atoms. The molecule has 112 valence electrons. The molecule has 9 heteroatoms. The van der Waals surface area contributed by atoms with E-state index in [9.17, 15) is 9.18 Å². The average Bonchev–Trinajstić information content (AvgIpc) is 3.01. The normalized spacial score (nSPS) is 25.4. The van der Waals surface area contributed by atoms with Crippen molar-refractivity contribution < 1.29 is 18.7 Å². The van der Waals surface area contributed by atoms with E-state index in [4.69, 9.17) is 21.1 Å². The number of hydrogen-bond acceptors (Lipinski definition) is 6. The fraction of sp³-hybridized carbons (Fsp3) is 0.500. The zero-order valence-corrected chi connectivity index (χ0v) is 11.8. The van der Waals surface area contributed by atoms with Crippen molar-refractivity contribution in [3.05, 3.63) is 17.8 Å². The van der Waals surface area contributed by atoms with Crippen molar-refractivity contribution in [3.63, 3.8) is 0 Å². The first-order valence-corrected chi connectivity index (χ1v) is 6.70. The zero-order valence-electron chi connectivity index (χ0n) is 11.1. The lowest BCUT2D eigenvalue weighted by molar-refractivity contribution is -0.145. The largest absolute Gasteiger partial charge is 0.463 e. The highest BCUT2D eigenvalue weighted by molar-refractivity contribution is 6.33. The lowest BCUT2D eigenvalue weighted by Crippen LogP contribution is -2.18. The first-order chi connectivity index (χ1) is 10.1. The molecule has 0 unspecified atom stereocenters. The Labute approximate surface area is 124 Å². The molecule has 0 aromatic carbocycles. The van der Waals surface area contributed by atoms with Gasteiger partial charge in [-0.2, -0.15) is 0 Å². The number of carbonyl (C=O) groups is 1. The fourth-order valence-electron chi connectivity index (χ4n) is 2.27. The van der Waals surface area contributed by atoms with Crippen LogP contribution in [0.15, 0.2) is 12.7 Å². The van der Waals surface area contributed by atoms with Crippen LogP contribution in [0.25, 0.3) is 11.2 Å². The van der Waals surface area contributed by atoms with Crippen LogP contribution < -0.4 is 0 Å². The fourth-order valence-corrected chi connectivity index (χ4v) is 2.45. The third-order valence-corrected chi connectivity index (χ3v) is 3.47. The summed E-state index contributed by atoms with van der Waals surface area (Å²) in [5.41, 5.74) is 0.786. The Hall–Kier alpha value is -1.80. The summed E-state index contributed by atoms with van der Waals surface area (Å²) in [5.74, 6) is -0.426. The van der Waals surface area contributed by atoms with Crippen molar-refractivity contribution in [1.29, 1.82) is 0 Å². The number of halogens is 2. The standard InChI is InChI=1S/C12H12ClFN4O3/c1-6(19)20-3-7-2-8(14)12(21-7)18-5-17-9-10(13)15-4-16-11(9)18/h4-5,7-8,12H,2-3H2,1H3/t7-,8-,12+/m0/s1. The van der Waals surface area contributed by atoms with Gasteiger partial charge in [0, 0.05) is 13.3 Å². The quantitative estimate of drug-likeness (QED) is 0.633. The molecule has 2 aromatic heterocycles. The molecule has 0 aliphatic carbocycles. The summed E-state index contributed by atoms with van der Waals surface area (Å²) in [5, 5.41) is 0.198. The Morgan fingerprint density at radius 3 is 3.14 bits per heavy atom. The summed E-state index contributed by atoms with van der Waals surface area (Å²) in [6.45, 7) is 1.32. The van der Waals surface area contributed by atoms with Crippen LogP contribution >= 0.6 is 11.6 Å². The maximum absolute atomic E-state index is 14.2. The van der Waals surface area contributed by atoms with Gasteiger partial charge in [0.1, 0.15) is 24.6 Å². The summed E-state index contributed by atoms with van der Waals surface area (Å²) in [6, 6.07) is 0. The lowest BCUT2D eigenvalue weighted by atomic mass is 10.2. The van der Waals surface area contributed by atoms with Gasteiger partial charge in [-0.15, -0.1) is 0 Å². The van der Waals surface area contributed by atoms with Crippen molar-refractivity contribution in [2.75, 3.05) is 6.61 Å². The first kappa shape index (κ1) is 14.2. The molecule has 0 N–H and O–H groups in total. The molecule has 0 saturated carbocycles. The molecule has 3 rings (SSSR count). The van der Waals surface area contributed by atoms with Gasteiger partial charge in [-0.1, -0.05) is 11.6 Å². The third kappa shape index (κ3) is 2.68. The number of nitrogens with zero attached hydrogens (tertiary/aromatic N) is 4. The van der Waals surface area contributed by atoms with E-state index in [-0.39, 0.29) is 18.2 Å². The smallest absolute Gasteiger partial charge is 0.302 e. The zero-order chi connectivity index (χ0) is 15.0. The summed E-state index contributed by atoms with van der Waals surface area (Å²) < 4.78 is 26.1. The van der Waals surface area contributed by atoms with Gasteiger partial charge in [-0.25, -0.2) is 19.3 Å². The van der Waals surface area contributed by atoms with Crippen LogP contribution in [0, 0.1) is 0 Å². The number of fused-ring (bicyclic) bond motifs is 1. The number of ether oxygens (including phenoxy) is 2. The molecule has 1 aliphatic rings. The molecular formula is C12H12ClFN4O3. The van der Waals surface area contributed by atoms with Crippen LogP contribution in [0.2, 0.25) is 5.15 Å². The number of aromatic nitrogens is 4. The van der Waals surface area contributed by atoms with Gasteiger partial charge in [-0.3, -0.25) is 9.36 Å². The monoisotopic (exact) mass is 314 g/mol. The number of carbonyl (C=O) groups excluding carboxylic acids is 1. The minimum absolute atomic E-state index is 0.0224. The molecule has 7 nitrogen and oxygen atoms in total. The van der Waals surface area contributed by atoms with Gasteiger partial charge in [0.15, 0.2) is 17.0 Å². The van der Waals surface area contributed by atoms with Crippen LogP contribution in [0.5, 0.6) is 0 Å². The number of esters is 1. The molecule has 0 radical (unpaired) electrons. The van der Waals surface area contributed by atoms with E-state index in [1.807, 2.05) is 0 Å². The number of rotatable bonds is 3. The Bertz CT molecular complexity index is 680. The summed E-state index contributed by atoms with van der Waals surface area (Å²) in [6.07, 6.45) is 0.205. The van der Waals surface area contributed by atoms with Crippen LogP contribution in [0.4, 0.5) is 4.39 Å². The molecule has 2 aromatic rings. The molecular weight excluding hydrogens is 303 g/mol. The average molecular weight is 315 g/mol. The maximum atomic E-state index is 14.2. The van der Waals surface area contributed by atoms with Crippen molar-refractivity contribution in [2.45, 2.75) is 31.8 Å². The Morgan fingerprint density at radius 2 is 2.38 bits per heavy atom. The third-order valence-electron chi connectivity index (χ3n) is 3.19. The van der Waals surface area contributed by atoms with E-state index in [0.717, 1.165) is 0 Å². The van der Waals surface area contributed by atoms with Gasteiger partial charge in [0.2, 0.25) is 0 Å². The predicted octanol–water partition coefficient (Wildman–Crippen LogP) is 1.67. The van der Waals surface area contributed by atoms with Crippen LogP contribution in [-0.4, -0.2) is 44.4 Å². The van der Waals surface area contributed by atoms with E-state index >= 15 is 0 Å². The van der Waals surface area contributed by atoms with Gasteiger partial charge in [0.05, 0.1) is 12.4 Å². The predicted molar refractivity (Wildman–Crippen MR) is 70.4 cm³/mol. The van der Waals surface area contributed by atoms with Crippen LogP contribution in [0.3, 0.4) is 0 Å². The van der Waals surface area contributed by atoms with Gasteiger partial charge in [0.25, 0.3) is 0 Å². The van der Waals surface area contributed by atoms with E-state index in [1.165, 1.54) is 24.1 Å². The lowest BCUT2D eigenvalue weighted by Gasteiger charge is -2.15. The Kier molecular flexibility index (Phi) is 3.73. The SMILES string of the molecule is CC(=O)OC[C@@H]1C[C@H](F)[C@H](n2cnc3c(Cl)ncnc32)O1. The molecule has 3 heterocycles. The van der Waals surface area contributed by atoms with E-state index in [2.05, 4.69) is 15.0 Å². The number of hydrogen-bond donors (Lipinski definition) is 0. The van der Waals surface area contributed by atoms with Crippen molar-refractivity contribution in [2.24, 2.45) is 0 Å². The second-order valence-corrected chi connectivity index (χ2v) is 5.05. The molecule has 1 saturated heterocycles. The summed E-state index contributed by atoms with van der Waals surface area (Å²) >= 11 is 5.91. The second-order valence-electron chi connectivity index (χ2n) is 4.69. The topological polar surface area (TPSA) is 79.1 Å². The molecule has 1 fully saturated rings. The van der Waals surface area contributed by atoms with Crippen molar-refractivity contribution in [1.82, 2.24) is 19.5 Å². The summed E-state index contributed by atoms with van der Waals surface area (Å²) in [4.78, 5) is 22.7. The highest BCUT2D eigenvalue weighted by Crippen LogP contribution is 2.33. The van der Waals surface area contributed by atoms with Gasteiger partial charge in [-0.05, 0) is 0 Å². The number of imidazole rings is 1. The molecule has 0 amide bonds. The highest BCUT2D eigenvalue weighted by Gasteiger charge is 2.38. The van der Waals surface area contributed by atoms with Crippen molar-refractivity contribution in [3.8, 4) is 0 Å². The number of alkyl halides is 1. The van der Waals surface area contributed by atoms with E-state index in [0.29, 0.717) is 11.2 Å². The Balaban J connectivity index is 1.82. The maximum Gasteiger partial charge on any atom is 0.302 e. The van der Waals surface area contributed by atoms with Crippen LogP contribution in [-0.2, 0) is 14.3 Å². The van der Waals surface area contributed by atoms with Gasteiger partial charge >= 0.3 is 5.97 Å². The van der Waals surface area contributed by atoms with E-state index in [1.54, 1.807) is 0 Å². The molecule has 1 aliphatic heterocycles. The van der Waals surface area contributed by atoms with Gasteiger partial charge < -0.3 is 9.47 Å². The molecule has 3 atom stereocenters. The van der Waals surface area contributed by atoms with Crippen molar-refractivity contribution >= 4 is 28.7 Å². The molecule has 0 spiro atoms. The Morgan fingerprint density at radius 1 is 1.57 bits per heavy atom.